The minimum atomic E-state index is -0.251. The zero-order valence-electron chi connectivity index (χ0n) is 16.1. The Morgan fingerprint density at radius 1 is 1.34 bits per heavy atom. The van der Waals surface area contributed by atoms with Crippen LogP contribution in [0.25, 0.3) is 6.08 Å². The summed E-state index contributed by atoms with van der Waals surface area (Å²) in [7, 11) is 2.96. The van der Waals surface area contributed by atoms with Crippen LogP contribution in [0.15, 0.2) is 30.7 Å². The van der Waals surface area contributed by atoms with Crippen LogP contribution in [0.3, 0.4) is 0 Å². The van der Waals surface area contributed by atoms with Gasteiger partial charge in [0.05, 0.1) is 44.2 Å². The second-order valence-corrected chi connectivity index (χ2v) is 6.52. The van der Waals surface area contributed by atoms with Crippen molar-refractivity contribution in [3.05, 3.63) is 41.3 Å². The maximum Gasteiger partial charge on any atom is 0.319 e. The first-order valence-electron chi connectivity index (χ1n) is 8.86. The van der Waals surface area contributed by atoms with E-state index in [0.29, 0.717) is 41.9 Å². The van der Waals surface area contributed by atoms with E-state index >= 15 is 0 Å². The number of nitrogens with zero attached hydrogens (tertiary/aromatic N) is 4. The summed E-state index contributed by atoms with van der Waals surface area (Å²) in [6.45, 7) is 1.62. The minimum Gasteiger partial charge on any atom is -0.489 e. The molecule has 0 spiro atoms. The molecule has 1 aliphatic heterocycles. The molecular formula is C19H21ClN4O5. The van der Waals surface area contributed by atoms with Crippen molar-refractivity contribution in [2.24, 2.45) is 0 Å². The zero-order valence-corrected chi connectivity index (χ0v) is 16.8. The van der Waals surface area contributed by atoms with E-state index in [1.54, 1.807) is 23.2 Å². The molecule has 2 aromatic rings. The number of amides is 1. The van der Waals surface area contributed by atoms with Gasteiger partial charge in [0, 0.05) is 31.1 Å². The van der Waals surface area contributed by atoms with Gasteiger partial charge >= 0.3 is 6.01 Å². The summed E-state index contributed by atoms with van der Waals surface area (Å²) in [6, 6.07) is 1.86. The Balaban J connectivity index is 1.57. The van der Waals surface area contributed by atoms with Crippen molar-refractivity contribution < 1.29 is 23.7 Å². The fourth-order valence-corrected chi connectivity index (χ4v) is 2.85. The van der Waals surface area contributed by atoms with Gasteiger partial charge in [-0.3, -0.25) is 9.78 Å². The molecule has 0 saturated carbocycles. The number of carbonyl (C=O) groups is 1. The van der Waals surface area contributed by atoms with E-state index in [2.05, 4.69) is 15.0 Å². The molecule has 10 heteroatoms. The third-order valence-corrected chi connectivity index (χ3v) is 4.31. The average molecular weight is 421 g/mol. The summed E-state index contributed by atoms with van der Waals surface area (Å²) < 4.78 is 21.5. The summed E-state index contributed by atoms with van der Waals surface area (Å²) in [5, 5.41) is 0.493. The molecule has 0 aromatic carbocycles. The second-order valence-electron chi connectivity index (χ2n) is 6.08. The Labute approximate surface area is 173 Å². The summed E-state index contributed by atoms with van der Waals surface area (Å²) in [6.07, 6.45) is 7.45. The van der Waals surface area contributed by atoms with Crippen LogP contribution in [-0.4, -0.2) is 72.4 Å². The quantitative estimate of drug-likeness (QED) is 0.626. The number of methoxy groups -OCH3 is 2. The van der Waals surface area contributed by atoms with Gasteiger partial charge in [0.15, 0.2) is 0 Å². The molecule has 9 nitrogen and oxygen atoms in total. The number of carbonyl (C=O) groups excluding carboxylic acids is 1. The molecule has 0 N–H and O–H groups in total. The lowest BCUT2D eigenvalue weighted by molar-refractivity contribution is -0.134. The summed E-state index contributed by atoms with van der Waals surface area (Å²) in [5.41, 5.74) is 0.572. The lowest BCUT2D eigenvalue weighted by Gasteiger charge is -2.32. The molecule has 2 aromatic heterocycles. The number of ether oxygens (including phenoxy) is 4. The number of hydrogen-bond acceptors (Lipinski definition) is 8. The van der Waals surface area contributed by atoms with E-state index in [1.807, 2.05) is 0 Å². The van der Waals surface area contributed by atoms with Crippen molar-refractivity contribution in [3.63, 3.8) is 0 Å². The van der Waals surface area contributed by atoms with Crippen LogP contribution in [-0.2, 0) is 9.53 Å². The number of hydrogen-bond donors (Lipinski definition) is 0. The predicted molar refractivity (Wildman–Crippen MR) is 105 cm³/mol. The minimum absolute atomic E-state index is 0.152. The Kier molecular flexibility index (Phi) is 7.20. The monoisotopic (exact) mass is 420 g/mol. The van der Waals surface area contributed by atoms with E-state index in [0.717, 1.165) is 0 Å². The van der Waals surface area contributed by atoms with Gasteiger partial charge in [0.2, 0.25) is 11.8 Å². The van der Waals surface area contributed by atoms with E-state index in [-0.39, 0.29) is 24.6 Å². The molecule has 1 unspecified atom stereocenters. The van der Waals surface area contributed by atoms with Crippen LogP contribution in [0.1, 0.15) is 5.56 Å². The molecular weight excluding hydrogens is 400 g/mol. The fourth-order valence-electron chi connectivity index (χ4n) is 2.68. The average Bonchev–Trinajstić information content (AvgIpc) is 2.76. The maximum absolute atomic E-state index is 12.6. The van der Waals surface area contributed by atoms with E-state index in [1.165, 1.54) is 32.7 Å². The van der Waals surface area contributed by atoms with Gasteiger partial charge in [-0.15, -0.1) is 0 Å². The number of morpholine rings is 1. The maximum atomic E-state index is 12.6. The molecule has 29 heavy (non-hydrogen) atoms. The van der Waals surface area contributed by atoms with Gasteiger partial charge in [-0.2, -0.15) is 4.98 Å². The Morgan fingerprint density at radius 2 is 2.21 bits per heavy atom. The molecule has 1 atom stereocenters. The highest BCUT2D eigenvalue weighted by atomic mass is 35.5. The summed E-state index contributed by atoms with van der Waals surface area (Å²) in [5.74, 6) is 0.723. The van der Waals surface area contributed by atoms with Crippen molar-refractivity contribution in [2.75, 3.05) is 40.5 Å². The van der Waals surface area contributed by atoms with Gasteiger partial charge < -0.3 is 23.8 Å². The molecule has 1 saturated heterocycles. The molecule has 3 rings (SSSR count). The largest absolute Gasteiger partial charge is 0.489 e. The van der Waals surface area contributed by atoms with Gasteiger partial charge in [-0.05, 0) is 6.08 Å². The van der Waals surface area contributed by atoms with E-state index < -0.39 is 0 Å². The summed E-state index contributed by atoms with van der Waals surface area (Å²) >= 11 is 5.90. The van der Waals surface area contributed by atoms with Crippen LogP contribution in [0.2, 0.25) is 5.02 Å². The second kappa shape index (κ2) is 10.0. The van der Waals surface area contributed by atoms with Crippen molar-refractivity contribution in [1.82, 2.24) is 19.9 Å². The fraction of sp³-hybridized carbons (Fsp3) is 0.368. The van der Waals surface area contributed by atoms with Gasteiger partial charge in [-0.25, -0.2) is 4.98 Å². The Hall–Kier alpha value is -2.91. The number of pyridine rings is 1. The Morgan fingerprint density at radius 3 is 2.97 bits per heavy atom. The first-order valence-corrected chi connectivity index (χ1v) is 9.24. The highest BCUT2D eigenvalue weighted by molar-refractivity contribution is 6.30. The van der Waals surface area contributed by atoms with Crippen molar-refractivity contribution in [2.45, 2.75) is 6.10 Å². The molecule has 1 amide bonds. The number of rotatable bonds is 7. The van der Waals surface area contributed by atoms with Crippen molar-refractivity contribution in [1.29, 1.82) is 0 Å². The number of halogens is 1. The van der Waals surface area contributed by atoms with Gasteiger partial charge in [0.25, 0.3) is 0 Å². The SMILES string of the molecule is COc1ncc(C=CC(=O)N2CCOC(COc3cncc(Cl)c3)C2)c(OC)n1. The third kappa shape index (κ3) is 5.78. The first kappa shape index (κ1) is 20.8. The summed E-state index contributed by atoms with van der Waals surface area (Å²) in [4.78, 5) is 26.3. The first-order chi connectivity index (χ1) is 14.1. The van der Waals surface area contributed by atoms with Crippen LogP contribution in [0.5, 0.6) is 17.6 Å². The predicted octanol–water partition coefficient (Wildman–Crippen LogP) is 1.86. The standard InChI is InChI=1S/C19H21ClN4O5/c1-26-18-13(8-22-19(23-18)27-2)3-4-17(25)24-5-6-28-16(11-24)12-29-15-7-14(20)9-21-10-15/h3-4,7-10,16H,5-6,11-12H2,1-2H3. The highest BCUT2D eigenvalue weighted by Gasteiger charge is 2.23. The molecule has 154 valence electrons. The van der Waals surface area contributed by atoms with Crippen LogP contribution in [0, 0.1) is 0 Å². The lowest BCUT2D eigenvalue weighted by Crippen LogP contribution is -2.47. The smallest absolute Gasteiger partial charge is 0.319 e. The van der Waals surface area contributed by atoms with Gasteiger partial charge in [0.1, 0.15) is 18.5 Å². The zero-order chi connectivity index (χ0) is 20.6. The van der Waals surface area contributed by atoms with E-state index in [9.17, 15) is 4.79 Å². The molecule has 1 aliphatic rings. The lowest BCUT2D eigenvalue weighted by atomic mass is 10.2. The van der Waals surface area contributed by atoms with Crippen LogP contribution < -0.4 is 14.2 Å². The van der Waals surface area contributed by atoms with Crippen LogP contribution in [0.4, 0.5) is 0 Å². The van der Waals surface area contributed by atoms with Crippen molar-refractivity contribution in [3.8, 4) is 17.6 Å². The van der Waals surface area contributed by atoms with Crippen LogP contribution >= 0.6 is 11.6 Å². The molecule has 3 heterocycles. The molecule has 1 fully saturated rings. The topological polar surface area (TPSA) is 95.9 Å². The molecule has 0 bridgehead atoms. The van der Waals surface area contributed by atoms with Gasteiger partial charge in [-0.1, -0.05) is 11.6 Å². The molecule has 0 aliphatic carbocycles. The van der Waals surface area contributed by atoms with E-state index in [4.69, 9.17) is 30.5 Å². The highest BCUT2D eigenvalue weighted by Crippen LogP contribution is 2.19. The van der Waals surface area contributed by atoms with Crippen molar-refractivity contribution >= 4 is 23.6 Å². The molecule has 0 radical (unpaired) electrons. The normalized spacial score (nSPS) is 16.7. The Bertz CT molecular complexity index is 879. The third-order valence-electron chi connectivity index (χ3n) is 4.11. The number of aromatic nitrogens is 3.